The Labute approximate surface area is 209 Å². The van der Waals surface area contributed by atoms with Crippen LogP contribution in [-0.2, 0) is 11.3 Å². The molecule has 0 fully saturated rings. The summed E-state index contributed by atoms with van der Waals surface area (Å²) < 4.78 is 7.37. The fourth-order valence-corrected chi connectivity index (χ4v) is 5.49. The number of nitrogens with zero attached hydrogens (tertiary/aromatic N) is 3. The third-order valence-electron chi connectivity index (χ3n) is 5.49. The number of nitrogens with one attached hydrogen (secondary N) is 1. The molecule has 1 N–H and O–H groups in total. The predicted octanol–water partition coefficient (Wildman–Crippen LogP) is 5.10. The number of amides is 1. The minimum absolute atomic E-state index is 0.109. The number of benzene rings is 2. The van der Waals surface area contributed by atoms with Gasteiger partial charge in [0, 0.05) is 17.3 Å². The number of pyridine rings is 1. The zero-order valence-corrected chi connectivity index (χ0v) is 20.8. The summed E-state index contributed by atoms with van der Waals surface area (Å²) >= 11 is 2.59. The van der Waals surface area contributed by atoms with Gasteiger partial charge in [-0.25, -0.2) is 9.97 Å². The summed E-state index contributed by atoms with van der Waals surface area (Å²) in [6, 6.07) is 18.9. The van der Waals surface area contributed by atoms with Crippen molar-refractivity contribution in [1.29, 1.82) is 0 Å². The molecule has 7 nitrogen and oxygen atoms in total. The molecule has 0 bridgehead atoms. The zero-order chi connectivity index (χ0) is 24.4. The molecule has 0 unspecified atom stereocenters. The van der Waals surface area contributed by atoms with Gasteiger partial charge in [0.15, 0.2) is 5.16 Å². The highest BCUT2D eigenvalue weighted by Crippen LogP contribution is 2.30. The molecule has 2 aromatic carbocycles. The Morgan fingerprint density at radius 1 is 1.11 bits per heavy atom. The van der Waals surface area contributed by atoms with Crippen molar-refractivity contribution in [2.45, 2.75) is 18.6 Å². The SMILES string of the molecule is COc1ccc(NC(=O)CSc2nc3c(sc4ncccc43)c(=O)n2Cc2ccc(C)cc2)cc1. The average Bonchev–Trinajstić information content (AvgIpc) is 3.25. The van der Waals surface area contributed by atoms with Crippen LogP contribution in [0.25, 0.3) is 20.4 Å². The maximum Gasteiger partial charge on any atom is 0.272 e. The number of rotatable bonds is 7. The number of carbonyl (C=O) groups excluding carboxylic acids is 1. The Hall–Kier alpha value is -3.69. The molecule has 3 heterocycles. The van der Waals surface area contributed by atoms with Gasteiger partial charge in [-0.2, -0.15) is 0 Å². The summed E-state index contributed by atoms with van der Waals surface area (Å²) in [6.45, 7) is 2.39. The molecule has 0 spiro atoms. The summed E-state index contributed by atoms with van der Waals surface area (Å²) in [4.78, 5) is 36.2. The van der Waals surface area contributed by atoms with Crippen molar-refractivity contribution in [1.82, 2.24) is 14.5 Å². The summed E-state index contributed by atoms with van der Waals surface area (Å²) in [5.74, 6) is 0.638. The minimum Gasteiger partial charge on any atom is -0.497 e. The van der Waals surface area contributed by atoms with E-state index in [4.69, 9.17) is 9.72 Å². The van der Waals surface area contributed by atoms with Crippen molar-refractivity contribution in [3.05, 3.63) is 88.3 Å². The largest absolute Gasteiger partial charge is 0.497 e. The Kier molecular flexibility index (Phi) is 6.52. The van der Waals surface area contributed by atoms with E-state index in [9.17, 15) is 9.59 Å². The first kappa shape index (κ1) is 23.1. The van der Waals surface area contributed by atoms with Crippen LogP contribution < -0.4 is 15.6 Å². The highest BCUT2D eigenvalue weighted by atomic mass is 32.2. The first-order valence-corrected chi connectivity index (χ1v) is 12.7. The fraction of sp³-hybridized carbons (Fsp3) is 0.154. The standard InChI is InChI=1S/C26H22N4O3S2/c1-16-5-7-17(8-6-16)14-30-25(32)23-22(20-4-3-13-27-24(20)35-23)29-26(30)34-15-21(31)28-18-9-11-19(33-2)12-10-18/h3-13H,14-15H2,1-2H3,(H,28,31). The van der Waals surface area contributed by atoms with Crippen molar-refractivity contribution >= 4 is 55.1 Å². The number of aryl methyl sites for hydroxylation is 1. The van der Waals surface area contributed by atoms with Crippen LogP contribution in [0.3, 0.4) is 0 Å². The molecule has 9 heteroatoms. The molecule has 5 rings (SSSR count). The van der Waals surface area contributed by atoms with Gasteiger partial charge >= 0.3 is 0 Å². The van der Waals surface area contributed by atoms with Gasteiger partial charge in [-0.05, 0) is 48.9 Å². The summed E-state index contributed by atoms with van der Waals surface area (Å²) in [7, 11) is 1.59. The number of methoxy groups -OCH3 is 1. The molecule has 176 valence electrons. The van der Waals surface area contributed by atoms with E-state index < -0.39 is 0 Å². The molecule has 0 aliphatic carbocycles. The van der Waals surface area contributed by atoms with E-state index in [2.05, 4.69) is 10.3 Å². The number of fused-ring (bicyclic) bond motifs is 3. The van der Waals surface area contributed by atoms with E-state index in [1.165, 1.54) is 23.1 Å². The predicted molar refractivity (Wildman–Crippen MR) is 142 cm³/mol. The lowest BCUT2D eigenvalue weighted by Crippen LogP contribution is -2.24. The highest BCUT2D eigenvalue weighted by Gasteiger charge is 2.18. The minimum atomic E-state index is -0.187. The van der Waals surface area contributed by atoms with Gasteiger partial charge in [-0.3, -0.25) is 14.2 Å². The lowest BCUT2D eigenvalue weighted by atomic mass is 10.1. The van der Waals surface area contributed by atoms with E-state index in [0.717, 1.165) is 21.3 Å². The number of hydrogen-bond acceptors (Lipinski definition) is 7. The average molecular weight is 503 g/mol. The number of thiophene rings is 1. The summed E-state index contributed by atoms with van der Waals surface area (Å²) in [6.07, 6.45) is 1.71. The number of carbonyl (C=O) groups is 1. The third kappa shape index (κ3) is 4.91. The second kappa shape index (κ2) is 9.89. The van der Waals surface area contributed by atoms with Crippen LogP contribution in [0.15, 0.2) is 76.8 Å². The molecule has 0 aliphatic heterocycles. The maximum absolute atomic E-state index is 13.6. The Balaban J connectivity index is 1.47. The molecule has 0 radical (unpaired) electrons. The van der Waals surface area contributed by atoms with Gasteiger partial charge in [0.25, 0.3) is 5.56 Å². The fourth-order valence-electron chi connectivity index (χ4n) is 3.67. The van der Waals surface area contributed by atoms with Crippen LogP contribution >= 0.6 is 23.1 Å². The summed E-state index contributed by atoms with van der Waals surface area (Å²) in [5.41, 5.74) is 3.31. The van der Waals surface area contributed by atoms with E-state index >= 15 is 0 Å². The molecule has 0 saturated heterocycles. The first-order valence-electron chi connectivity index (χ1n) is 10.9. The van der Waals surface area contributed by atoms with Gasteiger partial charge < -0.3 is 10.1 Å². The van der Waals surface area contributed by atoms with Crippen LogP contribution in [0.4, 0.5) is 5.69 Å². The van der Waals surface area contributed by atoms with Gasteiger partial charge in [-0.15, -0.1) is 11.3 Å². The molecular formula is C26H22N4O3S2. The van der Waals surface area contributed by atoms with Gasteiger partial charge in [-0.1, -0.05) is 41.6 Å². The highest BCUT2D eigenvalue weighted by molar-refractivity contribution is 7.99. The quantitative estimate of drug-likeness (QED) is 0.246. The monoisotopic (exact) mass is 502 g/mol. The second-order valence-corrected chi connectivity index (χ2v) is 9.91. The van der Waals surface area contributed by atoms with Gasteiger partial charge in [0.05, 0.1) is 24.9 Å². The normalized spacial score (nSPS) is 11.1. The second-order valence-electron chi connectivity index (χ2n) is 7.97. The summed E-state index contributed by atoms with van der Waals surface area (Å²) in [5, 5.41) is 4.22. The smallest absolute Gasteiger partial charge is 0.272 e. The van der Waals surface area contributed by atoms with Crippen molar-refractivity contribution in [2.75, 3.05) is 18.2 Å². The van der Waals surface area contributed by atoms with E-state index in [1.54, 1.807) is 42.1 Å². The lowest BCUT2D eigenvalue weighted by Gasteiger charge is -2.13. The molecule has 0 saturated carbocycles. The molecular weight excluding hydrogens is 480 g/mol. The lowest BCUT2D eigenvalue weighted by molar-refractivity contribution is -0.113. The van der Waals surface area contributed by atoms with Gasteiger partial charge in [0.2, 0.25) is 5.91 Å². The Morgan fingerprint density at radius 3 is 2.63 bits per heavy atom. The van der Waals surface area contributed by atoms with Crippen LogP contribution in [0, 0.1) is 6.92 Å². The Bertz CT molecular complexity index is 1580. The molecule has 0 atom stereocenters. The number of thioether (sulfide) groups is 1. The van der Waals surface area contributed by atoms with Crippen molar-refractivity contribution in [3.8, 4) is 5.75 Å². The number of anilines is 1. The number of ether oxygens (including phenoxy) is 1. The number of aromatic nitrogens is 3. The zero-order valence-electron chi connectivity index (χ0n) is 19.1. The van der Waals surface area contributed by atoms with Crippen molar-refractivity contribution < 1.29 is 9.53 Å². The van der Waals surface area contributed by atoms with Crippen LogP contribution in [0.1, 0.15) is 11.1 Å². The number of hydrogen-bond donors (Lipinski definition) is 1. The Morgan fingerprint density at radius 2 is 1.89 bits per heavy atom. The van der Waals surface area contributed by atoms with Crippen molar-refractivity contribution in [2.24, 2.45) is 0 Å². The molecule has 1 amide bonds. The van der Waals surface area contributed by atoms with E-state index in [-0.39, 0.29) is 17.2 Å². The first-order chi connectivity index (χ1) is 17.0. The molecule has 5 aromatic rings. The maximum atomic E-state index is 13.6. The molecule has 3 aromatic heterocycles. The molecule has 35 heavy (non-hydrogen) atoms. The van der Waals surface area contributed by atoms with Crippen LogP contribution in [0.2, 0.25) is 0 Å². The molecule has 0 aliphatic rings. The topological polar surface area (TPSA) is 86.1 Å². The van der Waals surface area contributed by atoms with Crippen molar-refractivity contribution in [3.63, 3.8) is 0 Å². The van der Waals surface area contributed by atoms with Crippen LogP contribution in [-0.4, -0.2) is 33.3 Å². The van der Waals surface area contributed by atoms with Gasteiger partial charge in [0.1, 0.15) is 15.3 Å². The van der Waals surface area contributed by atoms with E-state index in [1.807, 2.05) is 43.3 Å². The van der Waals surface area contributed by atoms with Crippen LogP contribution in [0.5, 0.6) is 5.75 Å². The van der Waals surface area contributed by atoms with E-state index in [0.29, 0.717) is 33.4 Å². The third-order valence-corrected chi connectivity index (χ3v) is 7.55.